The SMILES string of the molecule is CC(CN=C=O)C(=O)N=C=O. The van der Waals surface area contributed by atoms with Crippen LogP contribution in [0.25, 0.3) is 0 Å². The quantitative estimate of drug-likeness (QED) is 0.418. The molecule has 58 valence electrons. The number of rotatable bonds is 3. The van der Waals surface area contributed by atoms with Crippen molar-refractivity contribution >= 4 is 18.1 Å². The fourth-order valence-corrected chi connectivity index (χ4v) is 0.407. The molecule has 0 spiro atoms. The van der Waals surface area contributed by atoms with Gasteiger partial charge in [-0.1, -0.05) is 6.92 Å². The van der Waals surface area contributed by atoms with Crippen molar-refractivity contribution < 1.29 is 14.4 Å². The molecule has 11 heavy (non-hydrogen) atoms. The maximum absolute atomic E-state index is 10.6. The molecule has 0 N–H and O–H groups in total. The number of aliphatic imine (C=N–C) groups is 2. The van der Waals surface area contributed by atoms with Gasteiger partial charge in [-0.25, -0.2) is 14.6 Å². The van der Waals surface area contributed by atoms with Gasteiger partial charge in [0.1, 0.15) is 0 Å². The maximum Gasteiger partial charge on any atom is 0.261 e. The Morgan fingerprint density at radius 1 is 1.45 bits per heavy atom. The van der Waals surface area contributed by atoms with Crippen LogP contribution in [0.4, 0.5) is 0 Å². The minimum Gasteiger partial charge on any atom is -0.271 e. The van der Waals surface area contributed by atoms with Crippen molar-refractivity contribution in [1.82, 2.24) is 0 Å². The van der Waals surface area contributed by atoms with E-state index in [1.54, 1.807) is 0 Å². The zero-order valence-corrected chi connectivity index (χ0v) is 5.90. The van der Waals surface area contributed by atoms with Crippen LogP contribution in [0, 0.1) is 5.92 Å². The Hall–Kier alpha value is -1.57. The molecule has 0 heterocycles. The molecule has 0 aromatic heterocycles. The largest absolute Gasteiger partial charge is 0.271 e. The van der Waals surface area contributed by atoms with Crippen LogP contribution in [0.5, 0.6) is 0 Å². The standard InChI is InChI=1S/C6H6N2O3/c1-5(2-7-3-9)6(11)8-4-10/h5H,2H2,1H3. The maximum atomic E-state index is 10.6. The summed E-state index contributed by atoms with van der Waals surface area (Å²) < 4.78 is 0. The van der Waals surface area contributed by atoms with E-state index >= 15 is 0 Å². The fourth-order valence-electron chi connectivity index (χ4n) is 0.407. The number of isocyanates is 2. The average Bonchev–Trinajstić information content (AvgIpc) is 2.00. The molecule has 5 nitrogen and oxygen atoms in total. The molecule has 0 saturated heterocycles. The van der Waals surface area contributed by atoms with Gasteiger partial charge in [0.2, 0.25) is 12.2 Å². The average molecular weight is 154 g/mol. The first-order chi connectivity index (χ1) is 5.22. The molecule has 0 fully saturated rings. The third-order valence-corrected chi connectivity index (χ3v) is 1.01. The van der Waals surface area contributed by atoms with Crippen LogP contribution < -0.4 is 0 Å². The third-order valence-electron chi connectivity index (χ3n) is 1.01. The number of hydrogen-bond acceptors (Lipinski definition) is 4. The van der Waals surface area contributed by atoms with E-state index in [4.69, 9.17) is 0 Å². The molecule has 1 atom stereocenters. The van der Waals surface area contributed by atoms with Crippen LogP contribution in [-0.2, 0) is 14.4 Å². The molecule has 0 saturated carbocycles. The van der Waals surface area contributed by atoms with E-state index < -0.39 is 11.8 Å². The van der Waals surface area contributed by atoms with Gasteiger partial charge in [-0.2, -0.15) is 0 Å². The normalized spacial score (nSPS) is 10.6. The van der Waals surface area contributed by atoms with Crippen molar-refractivity contribution in [2.75, 3.05) is 6.54 Å². The lowest BCUT2D eigenvalue weighted by molar-refractivity contribution is -0.120. The summed E-state index contributed by atoms with van der Waals surface area (Å²) in [5.74, 6) is -1.18. The fraction of sp³-hybridized carbons (Fsp3) is 0.500. The van der Waals surface area contributed by atoms with Crippen molar-refractivity contribution in [3.8, 4) is 0 Å². The molecular formula is C6H6N2O3. The van der Waals surface area contributed by atoms with Gasteiger partial charge in [0.25, 0.3) is 5.91 Å². The number of amides is 1. The summed E-state index contributed by atoms with van der Waals surface area (Å²) in [5.41, 5.74) is 0. The Balaban J connectivity index is 4.02. The van der Waals surface area contributed by atoms with Gasteiger partial charge in [-0.05, 0) is 0 Å². The highest BCUT2D eigenvalue weighted by Crippen LogP contribution is 1.96. The molecule has 1 amide bonds. The molecule has 0 rings (SSSR count). The predicted octanol–water partition coefficient (Wildman–Crippen LogP) is -0.179. The zero-order chi connectivity index (χ0) is 8.69. The summed E-state index contributed by atoms with van der Waals surface area (Å²) in [6.45, 7) is 1.51. The zero-order valence-electron chi connectivity index (χ0n) is 5.90. The highest BCUT2D eigenvalue weighted by molar-refractivity contribution is 5.83. The second-order valence-corrected chi connectivity index (χ2v) is 1.87. The van der Waals surface area contributed by atoms with Crippen molar-refractivity contribution in [2.24, 2.45) is 15.9 Å². The Morgan fingerprint density at radius 3 is 2.55 bits per heavy atom. The third kappa shape index (κ3) is 3.92. The van der Waals surface area contributed by atoms with E-state index in [2.05, 4.69) is 9.98 Å². The van der Waals surface area contributed by atoms with Crippen LogP contribution in [-0.4, -0.2) is 24.6 Å². The number of carbonyl (C=O) groups is 1. The van der Waals surface area contributed by atoms with Crippen LogP contribution in [0.3, 0.4) is 0 Å². The molecule has 0 aliphatic rings. The first-order valence-electron chi connectivity index (χ1n) is 2.87. The van der Waals surface area contributed by atoms with Crippen molar-refractivity contribution in [1.29, 1.82) is 0 Å². The first kappa shape index (κ1) is 9.43. The van der Waals surface area contributed by atoms with E-state index in [0.29, 0.717) is 0 Å². The molecule has 5 heteroatoms. The molecule has 0 radical (unpaired) electrons. The van der Waals surface area contributed by atoms with Crippen molar-refractivity contribution in [3.05, 3.63) is 0 Å². The summed E-state index contributed by atoms with van der Waals surface area (Å²) in [6, 6.07) is 0. The lowest BCUT2D eigenvalue weighted by Gasteiger charge is -1.97. The second kappa shape index (κ2) is 5.23. The van der Waals surface area contributed by atoms with E-state index in [1.165, 1.54) is 13.0 Å². The van der Waals surface area contributed by atoms with Gasteiger partial charge < -0.3 is 0 Å². The topological polar surface area (TPSA) is 75.9 Å². The van der Waals surface area contributed by atoms with Crippen LogP contribution >= 0.6 is 0 Å². The summed E-state index contributed by atoms with van der Waals surface area (Å²) in [4.78, 5) is 35.8. The number of nitrogens with zero attached hydrogens (tertiary/aromatic N) is 2. The molecule has 0 bridgehead atoms. The van der Waals surface area contributed by atoms with Gasteiger partial charge in [0, 0.05) is 0 Å². The monoisotopic (exact) mass is 154 g/mol. The molecule has 0 aliphatic carbocycles. The van der Waals surface area contributed by atoms with E-state index in [-0.39, 0.29) is 6.54 Å². The molecule has 0 aliphatic heterocycles. The first-order valence-corrected chi connectivity index (χ1v) is 2.87. The van der Waals surface area contributed by atoms with Gasteiger partial charge >= 0.3 is 0 Å². The van der Waals surface area contributed by atoms with E-state index in [1.807, 2.05) is 0 Å². The lowest BCUT2D eigenvalue weighted by atomic mass is 10.2. The second-order valence-electron chi connectivity index (χ2n) is 1.87. The molecular weight excluding hydrogens is 148 g/mol. The number of hydrogen-bond donors (Lipinski definition) is 0. The smallest absolute Gasteiger partial charge is 0.261 e. The van der Waals surface area contributed by atoms with Crippen molar-refractivity contribution in [2.45, 2.75) is 6.92 Å². The predicted molar refractivity (Wildman–Crippen MR) is 35.3 cm³/mol. The Morgan fingerprint density at radius 2 is 2.09 bits per heavy atom. The molecule has 1 unspecified atom stereocenters. The Kier molecular flexibility index (Phi) is 4.49. The van der Waals surface area contributed by atoms with Crippen LogP contribution in [0.1, 0.15) is 6.92 Å². The Labute approximate surface area is 62.8 Å². The summed E-state index contributed by atoms with van der Waals surface area (Å²) >= 11 is 0. The van der Waals surface area contributed by atoms with Gasteiger partial charge in [0.05, 0.1) is 12.5 Å². The number of carbonyl (C=O) groups excluding carboxylic acids is 3. The van der Waals surface area contributed by atoms with E-state index in [0.717, 1.165) is 6.08 Å². The summed E-state index contributed by atoms with van der Waals surface area (Å²) in [5, 5.41) is 0. The lowest BCUT2D eigenvalue weighted by Crippen LogP contribution is -2.10. The highest BCUT2D eigenvalue weighted by Gasteiger charge is 2.10. The summed E-state index contributed by atoms with van der Waals surface area (Å²) in [7, 11) is 0. The van der Waals surface area contributed by atoms with Gasteiger partial charge in [-0.3, -0.25) is 4.79 Å². The highest BCUT2D eigenvalue weighted by atomic mass is 16.2. The van der Waals surface area contributed by atoms with Crippen molar-refractivity contribution in [3.63, 3.8) is 0 Å². The van der Waals surface area contributed by atoms with E-state index in [9.17, 15) is 14.4 Å². The van der Waals surface area contributed by atoms with Crippen LogP contribution in [0.2, 0.25) is 0 Å². The van der Waals surface area contributed by atoms with Crippen LogP contribution in [0.15, 0.2) is 9.98 Å². The molecule has 0 aromatic rings. The minimum absolute atomic E-state index is 0.00745. The summed E-state index contributed by atoms with van der Waals surface area (Å²) in [6.07, 6.45) is 2.39. The van der Waals surface area contributed by atoms with Gasteiger partial charge in [0.15, 0.2) is 0 Å². The van der Waals surface area contributed by atoms with Gasteiger partial charge in [-0.15, -0.1) is 4.99 Å². The Bertz CT molecular complexity index is 236. The minimum atomic E-state index is -0.626. The molecule has 0 aromatic carbocycles.